The van der Waals surface area contributed by atoms with Gasteiger partial charge in [0.2, 0.25) is 5.91 Å². The van der Waals surface area contributed by atoms with Crippen molar-refractivity contribution in [2.45, 2.75) is 12.8 Å². The predicted octanol–water partition coefficient (Wildman–Crippen LogP) is 0.450. The maximum Gasteiger partial charge on any atom is 0.252 e. The fourth-order valence-corrected chi connectivity index (χ4v) is 1.27. The van der Waals surface area contributed by atoms with Gasteiger partial charge in [-0.3, -0.25) is 14.8 Å². The second-order valence-electron chi connectivity index (χ2n) is 3.35. The smallest absolute Gasteiger partial charge is 0.252 e. The number of hydrogen-bond acceptors (Lipinski definition) is 4. The number of ether oxygens (including phenoxy) is 1. The zero-order chi connectivity index (χ0) is 12.7. The number of carbonyl (C=O) groups excluding carboxylic acids is 2. The number of carbonyl (C=O) groups is 2. The molecule has 0 aromatic heterocycles. The molecule has 92 valence electrons. The van der Waals surface area contributed by atoms with E-state index in [0.29, 0.717) is 17.7 Å². The lowest BCUT2D eigenvalue weighted by molar-refractivity contribution is -0.129. The highest BCUT2D eigenvalue weighted by Crippen LogP contribution is 2.17. The van der Waals surface area contributed by atoms with Crippen molar-refractivity contribution in [2.24, 2.45) is 5.73 Å². The zero-order valence-electron chi connectivity index (χ0n) is 9.18. The van der Waals surface area contributed by atoms with Crippen molar-refractivity contribution >= 4 is 11.8 Å². The van der Waals surface area contributed by atoms with E-state index < -0.39 is 11.8 Å². The van der Waals surface area contributed by atoms with Gasteiger partial charge in [0.15, 0.2) is 0 Å². The summed E-state index contributed by atoms with van der Waals surface area (Å²) in [5, 5.41) is 8.27. The first-order valence-electron chi connectivity index (χ1n) is 5.09. The number of rotatable bonds is 6. The van der Waals surface area contributed by atoms with Gasteiger partial charge in [-0.15, -0.1) is 0 Å². The molecule has 2 amide bonds. The number of nitrogens with two attached hydrogens (primary N) is 1. The van der Waals surface area contributed by atoms with Crippen LogP contribution in [0.4, 0.5) is 0 Å². The van der Waals surface area contributed by atoms with Crippen LogP contribution >= 0.6 is 0 Å². The highest BCUT2D eigenvalue weighted by atomic mass is 16.5. The lowest BCUT2D eigenvalue weighted by Crippen LogP contribution is -2.19. The zero-order valence-corrected chi connectivity index (χ0v) is 9.18. The van der Waals surface area contributed by atoms with Gasteiger partial charge in [-0.1, -0.05) is 12.1 Å². The van der Waals surface area contributed by atoms with Crippen LogP contribution in [0.2, 0.25) is 0 Å². The number of hydrogen-bond donors (Lipinski definition) is 3. The van der Waals surface area contributed by atoms with E-state index in [4.69, 9.17) is 15.7 Å². The molecule has 6 heteroatoms. The molecular formula is C11H14N2O4. The third-order valence-electron chi connectivity index (χ3n) is 2.08. The molecule has 0 atom stereocenters. The highest BCUT2D eigenvalue weighted by Gasteiger charge is 2.08. The Morgan fingerprint density at radius 2 is 2.06 bits per heavy atom. The largest absolute Gasteiger partial charge is 0.493 e. The number of benzene rings is 1. The summed E-state index contributed by atoms with van der Waals surface area (Å²) in [7, 11) is 0. The monoisotopic (exact) mass is 238 g/mol. The van der Waals surface area contributed by atoms with Crippen molar-refractivity contribution in [1.29, 1.82) is 0 Å². The van der Waals surface area contributed by atoms with Crippen molar-refractivity contribution in [3.05, 3.63) is 29.8 Å². The normalized spacial score (nSPS) is 9.71. The molecule has 0 aliphatic carbocycles. The molecule has 4 N–H and O–H groups in total. The fourth-order valence-electron chi connectivity index (χ4n) is 1.27. The Kier molecular flexibility index (Phi) is 4.96. The summed E-state index contributed by atoms with van der Waals surface area (Å²) < 4.78 is 5.33. The first-order valence-corrected chi connectivity index (χ1v) is 5.09. The predicted molar refractivity (Wildman–Crippen MR) is 59.6 cm³/mol. The van der Waals surface area contributed by atoms with E-state index in [1.165, 1.54) is 5.48 Å². The van der Waals surface area contributed by atoms with Gasteiger partial charge in [-0.25, -0.2) is 5.48 Å². The quantitative estimate of drug-likeness (QED) is 0.380. The number of nitrogens with one attached hydrogen (secondary N) is 1. The Morgan fingerprint density at radius 1 is 1.35 bits per heavy atom. The summed E-state index contributed by atoms with van der Waals surface area (Å²) in [6, 6.07) is 6.61. The van der Waals surface area contributed by atoms with Crippen LogP contribution in [0.15, 0.2) is 24.3 Å². The third kappa shape index (κ3) is 4.12. The van der Waals surface area contributed by atoms with Crippen LogP contribution in [0.25, 0.3) is 0 Å². The molecule has 0 unspecified atom stereocenters. The van der Waals surface area contributed by atoms with Gasteiger partial charge in [0, 0.05) is 6.42 Å². The highest BCUT2D eigenvalue weighted by molar-refractivity contribution is 5.95. The molecule has 1 aromatic rings. The summed E-state index contributed by atoms with van der Waals surface area (Å²) in [5.74, 6) is -0.644. The molecule has 1 rings (SSSR count). The molecule has 0 saturated heterocycles. The lowest BCUT2D eigenvalue weighted by Gasteiger charge is -2.08. The van der Waals surface area contributed by atoms with Crippen LogP contribution in [-0.2, 0) is 4.79 Å². The molecule has 6 nitrogen and oxygen atoms in total. The van der Waals surface area contributed by atoms with Crippen LogP contribution in [-0.4, -0.2) is 23.6 Å². The Bertz CT molecular complexity index is 406. The summed E-state index contributed by atoms with van der Waals surface area (Å²) in [5.41, 5.74) is 7.00. The van der Waals surface area contributed by atoms with Gasteiger partial charge in [0.05, 0.1) is 12.2 Å². The Labute approximate surface area is 98.3 Å². The minimum absolute atomic E-state index is 0.148. The molecule has 0 radical (unpaired) electrons. The minimum atomic E-state index is -0.561. The molecule has 0 spiro atoms. The second-order valence-corrected chi connectivity index (χ2v) is 3.35. The number of amides is 2. The van der Waals surface area contributed by atoms with Crippen LogP contribution in [0.3, 0.4) is 0 Å². The topological polar surface area (TPSA) is 102 Å². The van der Waals surface area contributed by atoms with Crippen LogP contribution in [0.1, 0.15) is 23.2 Å². The summed E-state index contributed by atoms with van der Waals surface area (Å²) in [6.45, 7) is 0.262. The van der Waals surface area contributed by atoms with Gasteiger partial charge in [0.25, 0.3) is 5.91 Å². The van der Waals surface area contributed by atoms with E-state index >= 15 is 0 Å². The van der Waals surface area contributed by atoms with Crippen molar-refractivity contribution in [3.63, 3.8) is 0 Å². The molecular weight excluding hydrogens is 224 g/mol. The van der Waals surface area contributed by atoms with E-state index in [2.05, 4.69) is 0 Å². The molecule has 0 aliphatic heterocycles. The number of hydroxylamine groups is 1. The van der Waals surface area contributed by atoms with Gasteiger partial charge in [0.1, 0.15) is 5.75 Å². The van der Waals surface area contributed by atoms with Crippen molar-refractivity contribution in [1.82, 2.24) is 5.48 Å². The average Bonchev–Trinajstić information content (AvgIpc) is 2.34. The van der Waals surface area contributed by atoms with Crippen molar-refractivity contribution in [2.75, 3.05) is 6.61 Å². The van der Waals surface area contributed by atoms with E-state index in [9.17, 15) is 9.59 Å². The maximum atomic E-state index is 11.1. The minimum Gasteiger partial charge on any atom is -0.493 e. The van der Waals surface area contributed by atoms with Crippen LogP contribution < -0.4 is 16.0 Å². The van der Waals surface area contributed by atoms with Gasteiger partial charge in [-0.05, 0) is 18.6 Å². The summed E-state index contributed by atoms with van der Waals surface area (Å²) in [4.78, 5) is 21.8. The summed E-state index contributed by atoms with van der Waals surface area (Å²) >= 11 is 0. The molecule has 0 aliphatic rings. The first kappa shape index (κ1) is 13.0. The fraction of sp³-hybridized carbons (Fsp3) is 0.273. The van der Waals surface area contributed by atoms with E-state index in [-0.39, 0.29) is 13.0 Å². The van der Waals surface area contributed by atoms with Gasteiger partial charge < -0.3 is 10.5 Å². The summed E-state index contributed by atoms with van der Waals surface area (Å²) in [6.07, 6.45) is 0.578. The Morgan fingerprint density at radius 3 is 2.71 bits per heavy atom. The van der Waals surface area contributed by atoms with Gasteiger partial charge >= 0.3 is 0 Å². The second kappa shape index (κ2) is 6.49. The molecule has 17 heavy (non-hydrogen) atoms. The molecule has 0 bridgehead atoms. The number of primary amides is 1. The van der Waals surface area contributed by atoms with Crippen molar-refractivity contribution < 1.29 is 19.5 Å². The maximum absolute atomic E-state index is 11.1. The van der Waals surface area contributed by atoms with Crippen LogP contribution in [0.5, 0.6) is 5.75 Å². The SMILES string of the molecule is NC(=O)c1ccccc1OCCCC(=O)NO. The molecule has 0 heterocycles. The molecule has 1 aromatic carbocycles. The first-order chi connectivity index (χ1) is 8.15. The van der Waals surface area contributed by atoms with E-state index in [0.717, 1.165) is 0 Å². The standard InChI is InChI=1S/C11H14N2O4/c12-11(15)8-4-1-2-5-9(8)17-7-3-6-10(14)13-16/h1-2,4-5,16H,3,6-7H2,(H2,12,15)(H,13,14). The van der Waals surface area contributed by atoms with Crippen LogP contribution in [0, 0.1) is 0 Å². The molecule has 0 saturated carbocycles. The molecule has 0 fully saturated rings. The third-order valence-corrected chi connectivity index (χ3v) is 2.08. The average molecular weight is 238 g/mol. The number of para-hydroxylation sites is 1. The lowest BCUT2D eigenvalue weighted by atomic mass is 10.2. The Hall–Kier alpha value is -2.08. The van der Waals surface area contributed by atoms with Crippen molar-refractivity contribution in [3.8, 4) is 5.75 Å². The van der Waals surface area contributed by atoms with E-state index in [1.807, 2.05) is 0 Å². The van der Waals surface area contributed by atoms with E-state index in [1.54, 1.807) is 24.3 Å². The Balaban J connectivity index is 2.46. The van der Waals surface area contributed by atoms with Gasteiger partial charge in [-0.2, -0.15) is 0 Å².